The van der Waals surface area contributed by atoms with Crippen molar-refractivity contribution in [3.63, 3.8) is 0 Å². The van der Waals surface area contributed by atoms with Gasteiger partial charge in [0, 0.05) is 0 Å². The normalized spacial score (nSPS) is 66.0. The Kier molecular flexibility index (Phi) is 2.32. The molecule has 4 fully saturated rings. The van der Waals surface area contributed by atoms with Crippen molar-refractivity contribution in [2.45, 2.75) is 53.4 Å². The van der Waals surface area contributed by atoms with Crippen molar-refractivity contribution in [2.24, 2.45) is 0 Å². The van der Waals surface area contributed by atoms with Crippen molar-refractivity contribution in [3.05, 3.63) is 0 Å². The Morgan fingerprint density at radius 3 is 1.00 bits per heavy atom. The van der Waals surface area contributed by atoms with E-state index in [-0.39, 0.29) is 0 Å². The minimum atomic E-state index is 0.844. The first-order chi connectivity index (χ1) is 6.24. The van der Waals surface area contributed by atoms with Gasteiger partial charge < -0.3 is 0 Å². The van der Waals surface area contributed by atoms with Crippen molar-refractivity contribution in [1.82, 2.24) is 0 Å². The second kappa shape index (κ2) is 2.90. The predicted molar refractivity (Wildman–Crippen MR) is 65.7 cm³/mol. The summed E-state index contributed by atoms with van der Waals surface area (Å²) in [5, 5.41) is 0. The molecule has 0 aliphatic carbocycles. The topological polar surface area (TPSA) is 0 Å². The summed E-state index contributed by atoms with van der Waals surface area (Å²) < 4.78 is 3.38. The molecule has 0 nitrogen and oxygen atoms in total. The van der Waals surface area contributed by atoms with Gasteiger partial charge in [0.25, 0.3) is 0 Å². The fourth-order valence-corrected chi connectivity index (χ4v) is 44.6. The quantitative estimate of drug-likeness (QED) is 0.495. The van der Waals surface area contributed by atoms with E-state index >= 15 is 0 Å². The van der Waals surface area contributed by atoms with Crippen LogP contribution in [0.15, 0.2) is 0 Å². The van der Waals surface area contributed by atoms with Crippen LogP contribution in [-0.2, 0) is 0 Å². The van der Waals surface area contributed by atoms with Gasteiger partial charge in [0.1, 0.15) is 0 Å². The Labute approximate surface area is 112 Å². The van der Waals surface area contributed by atoms with E-state index < -0.39 is 0 Å². The molecule has 0 saturated carbocycles. The zero-order valence-corrected chi connectivity index (χ0v) is 15.9. The molecule has 0 radical (unpaired) electrons. The van der Waals surface area contributed by atoms with E-state index in [0.29, 0.717) is 0 Å². The van der Waals surface area contributed by atoms with E-state index in [4.69, 9.17) is 0 Å². The van der Waals surface area contributed by atoms with Gasteiger partial charge in [-0.15, -0.1) is 0 Å². The van der Waals surface area contributed by atoms with Crippen LogP contribution >= 0.6 is 0 Å². The van der Waals surface area contributed by atoms with Crippen molar-refractivity contribution in [2.75, 3.05) is 0 Å². The van der Waals surface area contributed by atoms with Crippen LogP contribution in [0.1, 0.15) is 40.5 Å². The van der Waals surface area contributed by atoms with Crippen LogP contribution in [0, 0.1) is 0 Å². The summed E-state index contributed by atoms with van der Waals surface area (Å²) in [5.41, 5.74) is 0. The zero-order valence-electron chi connectivity index (χ0n) is 9.05. The van der Waals surface area contributed by atoms with Gasteiger partial charge in [0.15, 0.2) is 0 Å². The number of hydrogen-bond donors (Lipinski definition) is 0. The Balaban J connectivity index is 2.08. The predicted octanol–water partition coefficient (Wildman–Crippen LogP) is 2.17. The molecule has 0 aromatic rings. The van der Waals surface area contributed by atoms with E-state index in [1.54, 1.807) is 12.8 Å². The first-order valence-electron chi connectivity index (χ1n) is 5.05. The third-order valence-electron chi connectivity index (χ3n) is 3.01. The Bertz CT molecular complexity index is 205. The monoisotopic (exact) mass is 456 g/mol. The first kappa shape index (κ1) is 11.2. The van der Waals surface area contributed by atoms with Gasteiger partial charge in [-0.3, -0.25) is 0 Å². The molecule has 4 heteroatoms. The van der Waals surface area contributed by atoms with Crippen molar-refractivity contribution in [1.29, 1.82) is 0 Å². The van der Waals surface area contributed by atoms with E-state index in [0.717, 1.165) is 72.7 Å². The van der Waals surface area contributed by atoms with Crippen LogP contribution in [0.2, 0.25) is 12.8 Å². The van der Waals surface area contributed by atoms with Gasteiger partial charge in [0.05, 0.1) is 0 Å². The van der Waals surface area contributed by atoms with Crippen molar-refractivity contribution in [3.8, 4) is 0 Å². The fraction of sp³-hybridized carbons (Fsp3) is 1.00. The van der Waals surface area contributed by atoms with E-state index in [9.17, 15) is 0 Å². The third kappa shape index (κ3) is 1.66. The molecule has 0 unspecified atom stereocenters. The second-order valence-corrected chi connectivity index (χ2v) is 27.4. The molecular weight excluding hydrogens is 436 g/mol. The molecule has 14 heavy (non-hydrogen) atoms. The third-order valence-corrected chi connectivity index (χ3v) is 19.9. The standard InChI is InChI=1S/C10H16Se4/c1-7-5-8(2)13-9(3,11-7)6-10(4,12-7)14-8/h5-6H2,1-4H3. The molecule has 0 N–H and O–H groups in total. The summed E-state index contributed by atoms with van der Waals surface area (Å²) in [7, 11) is 0. The molecule has 0 aromatic carbocycles. The number of rotatable bonds is 0. The molecule has 4 heterocycles. The van der Waals surface area contributed by atoms with Gasteiger partial charge in [0.2, 0.25) is 0 Å². The van der Waals surface area contributed by atoms with Gasteiger partial charge in [-0.25, -0.2) is 0 Å². The average molecular weight is 452 g/mol. The fourth-order valence-electron chi connectivity index (χ4n) is 3.37. The molecule has 0 amide bonds. The van der Waals surface area contributed by atoms with Crippen LogP contribution < -0.4 is 0 Å². The molecule has 4 bridgehead atoms. The first-order valence-corrected chi connectivity index (χ1v) is 11.9. The molecule has 80 valence electrons. The van der Waals surface area contributed by atoms with Crippen LogP contribution in [0.25, 0.3) is 0 Å². The Hall–Kier alpha value is 2.08. The van der Waals surface area contributed by atoms with Crippen molar-refractivity contribution < 1.29 is 0 Å². The van der Waals surface area contributed by atoms with Crippen LogP contribution in [0.4, 0.5) is 0 Å². The molecule has 4 aliphatic rings. The molecule has 0 aromatic heterocycles. The summed E-state index contributed by atoms with van der Waals surface area (Å²) in [4.78, 5) is 0. The van der Waals surface area contributed by atoms with Gasteiger partial charge in [-0.1, -0.05) is 0 Å². The molecule has 4 rings (SSSR count). The summed E-state index contributed by atoms with van der Waals surface area (Å²) in [6, 6.07) is 0. The summed E-state index contributed by atoms with van der Waals surface area (Å²) in [5.74, 6) is 0. The number of hydrogen-bond acceptors (Lipinski definition) is 0. The molecule has 4 aliphatic heterocycles. The summed E-state index contributed by atoms with van der Waals surface area (Å²) in [6.45, 7) is 10.5. The minimum absolute atomic E-state index is 0.844. The van der Waals surface area contributed by atoms with Crippen LogP contribution in [0.5, 0.6) is 0 Å². The SMILES string of the molecule is CC12CC3(C)[Se]C(C)(CC(C)([Se]1)[Se]3)[Se]2. The Morgan fingerprint density at radius 1 is 0.571 bits per heavy atom. The second-order valence-electron chi connectivity index (χ2n) is 5.30. The molecule has 0 atom stereocenters. The zero-order chi connectivity index (χ0) is 10.2. The maximum atomic E-state index is 2.63. The van der Waals surface area contributed by atoms with Crippen molar-refractivity contribution >= 4 is 59.8 Å². The summed E-state index contributed by atoms with van der Waals surface area (Å²) in [6.07, 6.45) is 3.23. The van der Waals surface area contributed by atoms with Crippen LogP contribution in [-0.4, -0.2) is 59.8 Å². The summed E-state index contributed by atoms with van der Waals surface area (Å²) >= 11 is 3.87. The van der Waals surface area contributed by atoms with Gasteiger partial charge in [-0.05, 0) is 0 Å². The van der Waals surface area contributed by atoms with E-state index in [2.05, 4.69) is 27.7 Å². The Morgan fingerprint density at radius 2 is 0.786 bits per heavy atom. The maximum absolute atomic E-state index is 2.63. The van der Waals surface area contributed by atoms with E-state index in [1.807, 2.05) is 0 Å². The average Bonchev–Trinajstić information content (AvgIpc) is 1.67. The molecule has 4 saturated heterocycles. The van der Waals surface area contributed by atoms with E-state index in [1.165, 1.54) is 0 Å². The van der Waals surface area contributed by atoms with Gasteiger partial charge in [-0.2, -0.15) is 0 Å². The van der Waals surface area contributed by atoms with Crippen LogP contribution in [0.3, 0.4) is 0 Å². The molecule has 0 spiro atoms. The van der Waals surface area contributed by atoms with Gasteiger partial charge >= 0.3 is 113 Å². The molecular formula is C10H16Se4.